The van der Waals surface area contributed by atoms with Gasteiger partial charge in [0.2, 0.25) is 0 Å². The van der Waals surface area contributed by atoms with Crippen LogP contribution >= 0.6 is 11.8 Å². The maximum absolute atomic E-state index is 12.3. The van der Waals surface area contributed by atoms with Crippen LogP contribution in [-0.2, 0) is 0 Å². The number of nitrogen functional groups attached to an aromatic ring is 1. The Hall–Kier alpha value is -1.36. The van der Waals surface area contributed by atoms with Crippen molar-refractivity contribution in [3.05, 3.63) is 23.8 Å². The van der Waals surface area contributed by atoms with Crippen molar-refractivity contribution in [3.63, 3.8) is 0 Å². The van der Waals surface area contributed by atoms with Gasteiger partial charge in [0.25, 0.3) is 5.91 Å². The highest BCUT2D eigenvalue weighted by atomic mass is 32.2. The first kappa shape index (κ1) is 13.1. The Bertz CT molecular complexity index is 445. The third-order valence-electron chi connectivity index (χ3n) is 3.25. The zero-order chi connectivity index (χ0) is 13.1. The van der Waals surface area contributed by atoms with Crippen LogP contribution < -0.4 is 10.5 Å². The number of nitrogens with zero attached hydrogens (tertiary/aromatic N) is 1. The molecule has 1 saturated heterocycles. The third kappa shape index (κ3) is 2.56. The van der Waals surface area contributed by atoms with Crippen LogP contribution in [0, 0.1) is 0 Å². The van der Waals surface area contributed by atoms with Gasteiger partial charge in [-0.3, -0.25) is 4.79 Å². The monoisotopic (exact) mass is 266 g/mol. The van der Waals surface area contributed by atoms with Crippen molar-refractivity contribution in [2.45, 2.75) is 12.5 Å². The molecule has 1 aliphatic heterocycles. The summed E-state index contributed by atoms with van der Waals surface area (Å²) in [6, 6.07) is 5.50. The smallest absolute Gasteiger partial charge is 0.254 e. The van der Waals surface area contributed by atoms with Crippen LogP contribution in [0.1, 0.15) is 16.8 Å². The number of rotatable bonds is 3. The summed E-state index contributed by atoms with van der Waals surface area (Å²) in [5, 5.41) is 0. The fourth-order valence-corrected chi connectivity index (χ4v) is 3.31. The first-order chi connectivity index (χ1) is 8.63. The molecule has 1 unspecified atom stereocenters. The summed E-state index contributed by atoms with van der Waals surface area (Å²) in [4.78, 5) is 14.2. The van der Waals surface area contributed by atoms with Crippen LogP contribution in [0.2, 0.25) is 0 Å². The van der Waals surface area contributed by atoms with Crippen LogP contribution in [0.4, 0.5) is 5.69 Å². The summed E-state index contributed by atoms with van der Waals surface area (Å²) in [6.45, 7) is 0. The van der Waals surface area contributed by atoms with E-state index in [1.165, 1.54) is 0 Å². The number of amides is 1. The minimum atomic E-state index is 0.0285. The number of nitrogens with two attached hydrogens (primary N) is 1. The lowest BCUT2D eigenvalue weighted by molar-refractivity contribution is 0.0747. The Balaban J connectivity index is 2.17. The lowest BCUT2D eigenvalue weighted by Crippen LogP contribution is -2.36. The summed E-state index contributed by atoms with van der Waals surface area (Å²) in [6.07, 6.45) is 1.07. The second-order valence-electron chi connectivity index (χ2n) is 4.39. The minimum Gasteiger partial charge on any atom is -0.495 e. The molecule has 1 aliphatic rings. The molecule has 2 N–H and O–H groups in total. The van der Waals surface area contributed by atoms with E-state index in [0.717, 1.165) is 17.9 Å². The second-order valence-corrected chi connectivity index (χ2v) is 5.54. The van der Waals surface area contributed by atoms with Crippen LogP contribution in [0.15, 0.2) is 18.2 Å². The largest absolute Gasteiger partial charge is 0.495 e. The average Bonchev–Trinajstić information content (AvgIpc) is 2.91. The van der Waals surface area contributed by atoms with Crippen LogP contribution in [0.3, 0.4) is 0 Å². The molecular formula is C13H18N2O2S. The first-order valence-electron chi connectivity index (χ1n) is 5.92. The number of hydrogen-bond acceptors (Lipinski definition) is 4. The van der Waals surface area contributed by atoms with Crippen molar-refractivity contribution in [2.75, 3.05) is 31.4 Å². The van der Waals surface area contributed by atoms with Crippen molar-refractivity contribution >= 4 is 23.4 Å². The zero-order valence-corrected chi connectivity index (χ0v) is 11.5. The molecule has 0 aromatic heterocycles. The molecule has 4 nitrogen and oxygen atoms in total. The van der Waals surface area contributed by atoms with E-state index >= 15 is 0 Å². The van der Waals surface area contributed by atoms with E-state index in [0.29, 0.717) is 23.0 Å². The summed E-state index contributed by atoms with van der Waals surface area (Å²) < 4.78 is 5.14. The molecule has 18 heavy (non-hydrogen) atoms. The van der Waals surface area contributed by atoms with Gasteiger partial charge in [0.15, 0.2) is 0 Å². The quantitative estimate of drug-likeness (QED) is 0.848. The maximum Gasteiger partial charge on any atom is 0.254 e. The fraction of sp³-hybridized carbons (Fsp3) is 0.462. The van der Waals surface area contributed by atoms with Crippen molar-refractivity contribution in [1.29, 1.82) is 0 Å². The predicted octanol–water partition coefficient (Wildman–Crippen LogP) is 1.85. The van der Waals surface area contributed by atoms with Gasteiger partial charge in [0, 0.05) is 24.4 Å². The second kappa shape index (κ2) is 5.52. The molecule has 0 saturated carbocycles. The van der Waals surface area contributed by atoms with Crippen molar-refractivity contribution in [1.82, 2.24) is 4.90 Å². The number of methoxy groups -OCH3 is 1. The topological polar surface area (TPSA) is 55.6 Å². The first-order valence-corrected chi connectivity index (χ1v) is 7.07. The van der Waals surface area contributed by atoms with Gasteiger partial charge in [-0.2, -0.15) is 11.8 Å². The van der Waals surface area contributed by atoms with Gasteiger partial charge in [-0.25, -0.2) is 0 Å². The molecule has 2 rings (SSSR count). The molecule has 5 heteroatoms. The molecule has 98 valence electrons. The van der Waals surface area contributed by atoms with Crippen molar-refractivity contribution in [2.24, 2.45) is 0 Å². The Kier molecular flexibility index (Phi) is 4.01. The van der Waals surface area contributed by atoms with Gasteiger partial charge in [0.1, 0.15) is 5.75 Å². The van der Waals surface area contributed by atoms with Crippen molar-refractivity contribution < 1.29 is 9.53 Å². The lowest BCUT2D eigenvalue weighted by atomic mass is 10.1. The molecule has 1 aromatic carbocycles. The van der Waals surface area contributed by atoms with Crippen LogP contribution in [0.5, 0.6) is 5.75 Å². The SMILES string of the molecule is COc1cc(C(=O)N(C)C2CCSC2)ccc1N. The molecule has 0 radical (unpaired) electrons. The van der Waals surface area contributed by atoms with E-state index in [2.05, 4.69) is 0 Å². The number of hydrogen-bond donors (Lipinski definition) is 1. The van der Waals surface area contributed by atoms with E-state index in [4.69, 9.17) is 10.5 Å². The van der Waals surface area contributed by atoms with Gasteiger partial charge >= 0.3 is 0 Å². The lowest BCUT2D eigenvalue weighted by Gasteiger charge is -2.24. The van der Waals surface area contributed by atoms with Gasteiger partial charge in [0.05, 0.1) is 12.8 Å². The number of ether oxygens (including phenoxy) is 1. The highest BCUT2D eigenvalue weighted by molar-refractivity contribution is 7.99. The molecular weight excluding hydrogens is 248 g/mol. The Labute approximate surface area is 111 Å². The highest BCUT2D eigenvalue weighted by Gasteiger charge is 2.24. The molecule has 0 aliphatic carbocycles. The Morgan fingerprint density at radius 3 is 2.94 bits per heavy atom. The molecule has 0 spiro atoms. The van der Waals surface area contributed by atoms with E-state index in [1.807, 2.05) is 23.7 Å². The molecule has 1 aromatic rings. The maximum atomic E-state index is 12.3. The zero-order valence-electron chi connectivity index (χ0n) is 10.7. The van der Waals surface area contributed by atoms with Crippen LogP contribution in [0.25, 0.3) is 0 Å². The van der Waals surface area contributed by atoms with E-state index in [-0.39, 0.29) is 5.91 Å². The van der Waals surface area contributed by atoms with E-state index in [1.54, 1.807) is 25.3 Å². The van der Waals surface area contributed by atoms with Crippen molar-refractivity contribution in [3.8, 4) is 5.75 Å². The number of thioether (sulfide) groups is 1. The average molecular weight is 266 g/mol. The van der Waals surface area contributed by atoms with Gasteiger partial charge in [-0.15, -0.1) is 0 Å². The summed E-state index contributed by atoms with van der Waals surface area (Å²) in [7, 11) is 3.42. The van der Waals surface area contributed by atoms with Gasteiger partial charge < -0.3 is 15.4 Å². The standard InChI is InChI=1S/C13H18N2O2S/c1-15(10-5-6-18-8-10)13(16)9-3-4-11(14)12(7-9)17-2/h3-4,7,10H,5-6,8,14H2,1-2H3. The number of carbonyl (C=O) groups excluding carboxylic acids is 1. The Morgan fingerprint density at radius 1 is 1.56 bits per heavy atom. The Morgan fingerprint density at radius 2 is 2.33 bits per heavy atom. The molecule has 1 fully saturated rings. The molecule has 1 amide bonds. The van der Waals surface area contributed by atoms with Gasteiger partial charge in [-0.05, 0) is 30.4 Å². The van der Waals surface area contributed by atoms with Gasteiger partial charge in [-0.1, -0.05) is 0 Å². The molecule has 1 atom stereocenters. The molecule has 1 heterocycles. The van der Waals surface area contributed by atoms with E-state index in [9.17, 15) is 4.79 Å². The number of carbonyl (C=O) groups is 1. The van der Waals surface area contributed by atoms with E-state index < -0.39 is 0 Å². The normalized spacial score (nSPS) is 18.7. The van der Waals surface area contributed by atoms with Crippen LogP contribution in [-0.4, -0.2) is 42.5 Å². The predicted molar refractivity (Wildman–Crippen MR) is 75.2 cm³/mol. The summed E-state index contributed by atoms with van der Waals surface area (Å²) in [5.41, 5.74) is 6.92. The summed E-state index contributed by atoms with van der Waals surface area (Å²) in [5.74, 6) is 2.73. The minimum absolute atomic E-state index is 0.0285. The number of anilines is 1. The summed E-state index contributed by atoms with van der Waals surface area (Å²) >= 11 is 1.89. The third-order valence-corrected chi connectivity index (χ3v) is 4.40. The molecule has 0 bridgehead atoms. The fourth-order valence-electron chi connectivity index (χ4n) is 2.04. The highest BCUT2D eigenvalue weighted by Crippen LogP contribution is 2.25. The number of benzene rings is 1.